The van der Waals surface area contributed by atoms with Crippen LogP contribution in [0, 0.1) is 0 Å². The van der Waals surface area contributed by atoms with Crippen LogP contribution in [0.4, 0.5) is 5.69 Å². The Kier molecular flexibility index (Phi) is 3.61. The molecule has 0 atom stereocenters. The van der Waals surface area contributed by atoms with E-state index in [0.29, 0.717) is 5.02 Å². The lowest BCUT2D eigenvalue weighted by Crippen LogP contribution is -2.06. The summed E-state index contributed by atoms with van der Waals surface area (Å²) in [4.78, 5) is 11.3. The summed E-state index contributed by atoms with van der Waals surface area (Å²) in [6.45, 7) is 2.00. The summed E-state index contributed by atoms with van der Waals surface area (Å²) in [6, 6.07) is 2.99. The molecule has 1 rings (SSSR count). The SMILES string of the molecule is CCOC(=O)c1ccc(Cl)c(N)c1Cl. The minimum atomic E-state index is -0.499. The van der Waals surface area contributed by atoms with Crippen LogP contribution in [-0.2, 0) is 4.74 Å². The highest BCUT2D eigenvalue weighted by atomic mass is 35.5. The minimum absolute atomic E-state index is 0.135. The molecule has 0 radical (unpaired) electrons. The summed E-state index contributed by atoms with van der Waals surface area (Å²) >= 11 is 11.5. The van der Waals surface area contributed by atoms with Crippen LogP contribution in [0.5, 0.6) is 0 Å². The molecule has 1 aromatic rings. The van der Waals surface area contributed by atoms with Gasteiger partial charge in [0.2, 0.25) is 0 Å². The zero-order valence-electron chi connectivity index (χ0n) is 7.51. The molecule has 0 aliphatic heterocycles. The number of nitrogen functional groups attached to an aromatic ring is 1. The first-order valence-electron chi connectivity index (χ1n) is 3.98. The van der Waals surface area contributed by atoms with E-state index in [2.05, 4.69) is 0 Å². The topological polar surface area (TPSA) is 52.3 Å². The van der Waals surface area contributed by atoms with E-state index in [1.54, 1.807) is 6.92 Å². The fourth-order valence-electron chi connectivity index (χ4n) is 0.936. The average molecular weight is 234 g/mol. The fraction of sp³-hybridized carbons (Fsp3) is 0.222. The molecule has 0 aliphatic rings. The molecule has 2 N–H and O–H groups in total. The van der Waals surface area contributed by atoms with E-state index in [1.807, 2.05) is 0 Å². The summed E-state index contributed by atoms with van der Waals surface area (Å²) in [6.07, 6.45) is 0. The molecule has 0 unspecified atom stereocenters. The molecule has 0 fully saturated rings. The van der Waals surface area contributed by atoms with Crippen molar-refractivity contribution in [3.63, 3.8) is 0 Å². The van der Waals surface area contributed by atoms with Crippen molar-refractivity contribution in [1.29, 1.82) is 0 Å². The van der Waals surface area contributed by atoms with E-state index in [9.17, 15) is 4.79 Å². The number of hydrogen-bond donors (Lipinski definition) is 1. The van der Waals surface area contributed by atoms with Gasteiger partial charge in [-0.05, 0) is 19.1 Å². The summed E-state index contributed by atoms with van der Waals surface area (Å²) < 4.78 is 4.78. The number of carbonyl (C=O) groups is 1. The molecule has 0 heterocycles. The summed E-state index contributed by atoms with van der Waals surface area (Å²) in [5.74, 6) is -0.499. The quantitative estimate of drug-likeness (QED) is 0.632. The monoisotopic (exact) mass is 233 g/mol. The predicted molar refractivity (Wildman–Crippen MR) is 56.8 cm³/mol. The summed E-state index contributed by atoms with van der Waals surface area (Å²) in [7, 11) is 0. The Bertz CT molecular complexity index is 366. The molecule has 0 spiro atoms. The van der Waals surface area contributed by atoms with E-state index >= 15 is 0 Å². The van der Waals surface area contributed by atoms with E-state index in [-0.39, 0.29) is 22.9 Å². The molecule has 3 nitrogen and oxygen atoms in total. The lowest BCUT2D eigenvalue weighted by Gasteiger charge is -2.06. The molecule has 0 amide bonds. The first-order valence-corrected chi connectivity index (χ1v) is 4.74. The Morgan fingerprint density at radius 2 is 2.14 bits per heavy atom. The molecule has 76 valence electrons. The Morgan fingerprint density at radius 3 is 2.71 bits per heavy atom. The Morgan fingerprint density at radius 1 is 1.50 bits per heavy atom. The van der Waals surface area contributed by atoms with E-state index in [1.165, 1.54) is 12.1 Å². The summed E-state index contributed by atoms with van der Waals surface area (Å²) in [5, 5.41) is 0.457. The molecule has 1 aromatic carbocycles. The van der Waals surface area contributed by atoms with Crippen LogP contribution in [0.2, 0.25) is 10.0 Å². The van der Waals surface area contributed by atoms with Crippen molar-refractivity contribution in [3.05, 3.63) is 27.7 Å². The Labute approximate surface area is 91.7 Å². The third kappa shape index (κ3) is 2.11. The van der Waals surface area contributed by atoms with Gasteiger partial charge in [-0.25, -0.2) is 4.79 Å². The van der Waals surface area contributed by atoms with Crippen LogP contribution < -0.4 is 5.73 Å². The number of halogens is 2. The number of benzene rings is 1. The third-order valence-corrected chi connectivity index (χ3v) is 2.36. The van der Waals surface area contributed by atoms with Crippen molar-refractivity contribution in [2.45, 2.75) is 6.92 Å². The molecular weight excluding hydrogens is 225 g/mol. The fourth-order valence-corrected chi connectivity index (χ4v) is 1.38. The maximum Gasteiger partial charge on any atom is 0.339 e. The third-order valence-electron chi connectivity index (χ3n) is 1.62. The lowest BCUT2D eigenvalue weighted by atomic mass is 10.2. The van der Waals surface area contributed by atoms with Gasteiger partial charge in [0.1, 0.15) is 0 Å². The van der Waals surface area contributed by atoms with Gasteiger partial charge in [-0.2, -0.15) is 0 Å². The van der Waals surface area contributed by atoms with Crippen molar-refractivity contribution in [1.82, 2.24) is 0 Å². The van der Waals surface area contributed by atoms with Crippen LogP contribution in [0.15, 0.2) is 12.1 Å². The zero-order chi connectivity index (χ0) is 10.7. The lowest BCUT2D eigenvalue weighted by molar-refractivity contribution is 0.0526. The van der Waals surface area contributed by atoms with E-state index in [0.717, 1.165) is 0 Å². The van der Waals surface area contributed by atoms with Crippen molar-refractivity contribution < 1.29 is 9.53 Å². The number of hydrogen-bond acceptors (Lipinski definition) is 3. The number of carbonyl (C=O) groups excluding carboxylic acids is 1. The Hall–Kier alpha value is -0.930. The highest BCUT2D eigenvalue weighted by Gasteiger charge is 2.14. The van der Waals surface area contributed by atoms with Crippen LogP contribution >= 0.6 is 23.2 Å². The van der Waals surface area contributed by atoms with Gasteiger partial charge in [-0.15, -0.1) is 0 Å². The molecule has 0 saturated heterocycles. The largest absolute Gasteiger partial charge is 0.462 e. The first-order chi connectivity index (χ1) is 6.57. The molecule has 14 heavy (non-hydrogen) atoms. The molecule has 0 bridgehead atoms. The summed E-state index contributed by atoms with van der Waals surface area (Å²) in [5.41, 5.74) is 5.97. The number of anilines is 1. The predicted octanol–water partition coefficient (Wildman–Crippen LogP) is 2.75. The van der Waals surface area contributed by atoms with Gasteiger partial charge in [0.15, 0.2) is 0 Å². The number of esters is 1. The van der Waals surface area contributed by atoms with Gasteiger partial charge >= 0.3 is 5.97 Å². The Balaban J connectivity index is 3.11. The number of ether oxygens (including phenoxy) is 1. The van der Waals surface area contributed by atoms with Gasteiger partial charge in [-0.3, -0.25) is 0 Å². The highest BCUT2D eigenvalue weighted by molar-refractivity contribution is 6.40. The van der Waals surface area contributed by atoms with E-state index in [4.69, 9.17) is 33.7 Å². The number of rotatable bonds is 2. The van der Waals surface area contributed by atoms with Crippen molar-refractivity contribution in [2.24, 2.45) is 0 Å². The normalized spacial score (nSPS) is 9.93. The molecule has 0 aromatic heterocycles. The van der Waals surface area contributed by atoms with Gasteiger partial charge in [-0.1, -0.05) is 23.2 Å². The van der Waals surface area contributed by atoms with Crippen LogP contribution in [0.3, 0.4) is 0 Å². The van der Waals surface area contributed by atoms with Crippen LogP contribution in [-0.4, -0.2) is 12.6 Å². The van der Waals surface area contributed by atoms with Crippen LogP contribution in [0.1, 0.15) is 17.3 Å². The zero-order valence-corrected chi connectivity index (χ0v) is 9.02. The van der Waals surface area contributed by atoms with Gasteiger partial charge in [0, 0.05) is 0 Å². The molecule has 5 heteroatoms. The highest BCUT2D eigenvalue weighted by Crippen LogP contribution is 2.30. The van der Waals surface area contributed by atoms with Gasteiger partial charge in [0.25, 0.3) is 0 Å². The second kappa shape index (κ2) is 4.53. The minimum Gasteiger partial charge on any atom is -0.462 e. The van der Waals surface area contributed by atoms with Crippen molar-refractivity contribution in [2.75, 3.05) is 12.3 Å². The smallest absolute Gasteiger partial charge is 0.339 e. The second-order valence-electron chi connectivity index (χ2n) is 2.54. The molecule has 0 aliphatic carbocycles. The second-order valence-corrected chi connectivity index (χ2v) is 3.33. The number of nitrogens with two attached hydrogens (primary N) is 1. The van der Waals surface area contributed by atoms with Gasteiger partial charge < -0.3 is 10.5 Å². The maximum absolute atomic E-state index is 11.3. The van der Waals surface area contributed by atoms with Crippen LogP contribution in [0.25, 0.3) is 0 Å². The average Bonchev–Trinajstić information content (AvgIpc) is 2.15. The maximum atomic E-state index is 11.3. The molecule has 0 saturated carbocycles. The van der Waals surface area contributed by atoms with Crippen molar-refractivity contribution >= 4 is 34.9 Å². The van der Waals surface area contributed by atoms with Gasteiger partial charge in [0.05, 0.1) is 27.9 Å². The standard InChI is InChI=1S/C9H9Cl2NO2/c1-2-14-9(13)5-3-4-6(10)8(12)7(5)11/h3-4H,2,12H2,1H3. The first kappa shape index (κ1) is 11.1. The molecular formula is C9H9Cl2NO2. The van der Waals surface area contributed by atoms with Crippen molar-refractivity contribution in [3.8, 4) is 0 Å². The van der Waals surface area contributed by atoms with E-state index < -0.39 is 5.97 Å².